The van der Waals surface area contributed by atoms with Crippen LogP contribution in [0, 0.1) is 0 Å². The Hall–Kier alpha value is -0.910. The van der Waals surface area contributed by atoms with Gasteiger partial charge in [-0.25, -0.2) is 5.43 Å². The lowest BCUT2D eigenvalue weighted by Gasteiger charge is -2.24. The van der Waals surface area contributed by atoms with Crippen LogP contribution in [0.3, 0.4) is 0 Å². The molecule has 1 rings (SSSR count). The molecule has 0 aliphatic carbocycles. The Balaban J connectivity index is 2.76. The second kappa shape index (κ2) is 6.62. The van der Waals surface area contributed by atoms with Crippen LogP contribution in [0.1, 0.15) is 38.4 Å². The van der Waals surface area contributed by atoms with Gasteiger partial charge in [-0.05, 0) is 19.4 Å². The third-order valence-electron chi connectivity index (χ3n) is 2.56. The first-order valence-electron chi connectivity index (χ1n) is 5.80. The lowest BCUT2D eigenvalue weighted by Crippen LogP contribution is -2.38. The third-order valence-corrected chi connectivity index (χ3v) is 2.56. The van der Waals surface area contributed by atoms with E-state index in [1.165, 1.54) is 0 Å². The molecule has 16 heavy (non-hydrogen) atoms. The Morgan fingerprint density at radius 3 is 2.75 bits per heavy atom. The van der Waals surface area contributed by atoms with Gasteiger partial charge in [0.05, 0.1) is 17.8 Å². The van der Waals surface area contributed by atoms with Crippen molar-refractivity contribution in [2.75, 3.05) is 6.61 Å². The highest BCUT2D eigenvalue weighted by molar-refractivity contribution is 5.07. The molecule has 0 amide bonds. The number of nitrogens with zero attached hydrogens (tertiary/aromatic N) is 2. The monoisotopic (exact) mass is 226 g/mol. The van der Waals surface area contributed by atoms with Crippen molar-refractivity contribution >= 4 is 0 Å². The minimum Gasteiger partial charge on any atom is -0.376 e. The van der Waals surface area contributed by atoms with Gasteiger partial charge in [0.15, 0.2) is 0 Å². The van der Waals surface area contributed by atoms with Crippen molar-refractivity contribution in [1.29, 1.82) is 0 Å². The van der Waals surface area contributed by atoms with E-state index < -0.39 is 0 Å². The molecule has 0 radical (unpaired) electrons. The molecule has 0 saturated heterocycles. The fourth-order valence-corrected chi connectivity index (χ4v) is 1.83. The van der Waals surface area contributed by atoms with Crippen LogP contribution in [0.15, 0.2) is 12.3 Å². The van der Waals surface area contributed by atoms with E-state index in [2.05, 4.69) is 17.4 Å². The molecule has 0 aliphatic rings. The third kappa shape index (κ3) is 3.30. The first-order valence-corrected chi connectivity index (χ1v) is 5.80. The summed E-state index contributed by atoms with van der Waals surface area (Å²) in [4.78, 5) is 0. The van der Waals surface area contributed by atoms with Crippen molar-refractivity contribution in [1.82, 2.24) is 15.2 Å². The molecule has 5 nitrogen and oxygen atoms in total. The summed E-state index contributed by atoms with van der Waals surface area (Å²) in [6.07, 6.45) is 4.03. The van der Waals surface area contributed by atoms with Gasteiger partial charge < -0.3 is 4.74 Å². The number of nitrogens with two attached hydrogens (primary N) is 1. The van der Waals surface area contributed by atoms with Crippen LogP contribution < -0.4 is 11.3 Å². The number of aromatic nitrogens is 2. The summed E-state index contributed by atoms with van der Waals surface area (Å²) in [5, 5.41) is 4.36. The molecule has 1 heterocycles. The van der Waals surface area contributed by atoms with Crippen LogP contribution in [-0.4, -0.2) is 22.5 Å². The fourth-order valence-electron chi connectivity index (χ4n) is 1.83. The largest absolute Gasteiger partial charge is 0.376 e. The van der Waals surface area contributed by atoms with Gasteiger partial charge in [0.1, 0.15) is 0 Å². The minimum atomic E-state index is -0.0406. The first-order chi connectivity index (χ1) is 7.72. The molecule has 0 bridgehead atoms. The summed E-state index contributed by atoms with van der Waals surface area (Å²) < 4.78 is 7.48. The number of ether oxygens (including phenoxy) is 1. The number of hydrazine groups is 1. The average Bonchev–Trinajstić information content (AvgIpc) is 2.67. The predicted molar refractivity (Wildman–Crippen MR) is 63.6 cm³/mol. The van der Waals surface area contributed by atoms with Crippen LogP contribution >= 0.6 is 0 Å². The van der Waals surface area contributed by atoms with Crippen LogP contribution in [0.2, 0.25) is 0 Å². The van der Waals surface area contributed by atoms with E-state index in [9.17, 15) is 0 Å². The summed E-state index contributed by atoms with van der Waals surface area (Å²) in [7, 11) is 1.90. The Morgan fingerprint density at radius 2 is 2.31 bits per heavy atom. The zero-order valence-electron chi connectivity index (χ0n) is 10.3. The van der Waals surface area contributed by atoms with Gasteiger partial charge in [-0.2, -0.15) is 5.10 Å². The maximum Gasteiger partial charge on any atom is 0.0911 e. The Morgan fingerprint density at radius 1 is 1.56 bits per heavy atom. The van der Waals surface area contributed by atoms with Crippen molar-refractivity contribution in [2.24, 2.45) is 12.9 Å². The molecule has 0 saturated carbocycles. The molecular formula is C11H22N4O. The van der Waals surface area contributed by atoms with Crippen LogP contribution in [0.5, 0.6) is 0 Å². The van der Waals surface area contributed by atoms with Crippen LogP contribution in [0.4, 0.5) is 0 Å². The first kappa shape index (κ1) is 13.2. The molecule has 92 valence electrons. The fraction of sp³-hybridized carbons (Fsp3) is 0.727. The van der Waals surface area contributed by atoms with E-state index in [0.29, 0.717) is 6.61 Å². The summed E-state index contributed by atoms with van der Waals surface area (Å²) in [6.45, 7) is 4.82. The molecule has 2 atom stereocenters. The zero-order valence-corrected chi connectivity index (χ0v) is 10.3. The number of nitrogens with one attached hydrogen (secondary N) is 1. The van der Waals surface area contributed by atoms with Crippen LogP contribution in [-0.2, 0) is 11.8 Å². The van der Waals surface area contributed by atoms with Gasteiger partial charge in [-0.15, -0.1) is 0 Å². The van der Waals surface area contributed by atoms with E-state index >= 15 is 0 Å². The lowest BCUT2D eigenvalue weighted by atomic mass is 10.0. The number of aryl methyl sites for hydroxylation is 1. The Kier molecular flexibility index (Phi) is 5.45. The van der Waals surface area contributed by atoms with E-state index in [0.717, 1.165) is 18.5 Å². The molecule has 1 aromatic rings. The molecule has 3 N–H and O–H groups in total. The van der Waals surface area contributed by atoms with Gasteiger partial charge in [0.2, 0.25) is 0 Å². The summed E-state index contributed by atoms with van der Waals surface area (Å²) >= 11 is 0. The molecule has 2 unspecified atom stereocenters. The smallest absolute Gasteiger partial charge is 0.0911 e. The second-order valence-corrected chi connectivity index (χ2v) is 3.84. The highest BCUT2D eigenvalue weighted by Gasteiger charge is 2.23. The molecule has 0 spiro atoms. The molecule has 1 aromatic heterocycles. The molecule has 0 aromatic carbocycles. The van der Waals surface area contributed by atoms with Gasteiger partial charge in [0, 0.05) is 19.9 Å². The topological polar surface area (TPSA) is 65.1 Å². The van der Waals surface area contributed by atoms with E-state index in [4.69, 9.17) is 10.6 Å². The number of hydrogen-bond acceptors (Lipinski definition) is 4. The Bertz CT molecular complexity index is 294. The van der Waals surface area contributed by atoms with Crippen LogP contribution in [0.25, 0.3) is 0 Å². The standard InChI is InChI=1S/C11H22N4O/c1-4-6-10(16-5-2)11(13-12)9-7-8-15(3)14-9/h7-8,10-11,13H,4-6,12H2,1-3H3. The van der Waals surface area contributed by atoms with Crippen molar-refractivity contribution in [2.45, 2.75) is 38.8 Å². The van der Waals surface area contributed by atoms with Crippen molar-refractivity contribution in [3.63, 3.8) is 0 Å². The number of rotatable bonds is 7. The quantitative estimate of drug-likeness (QED) is 0.540. The lowest BCUT2D eigenvalue weighted by molar-refractivity contribution is 0.0264. The maximum absolute atomic E-state index is 5.71. The minimum absolute atomic E-state index is 0.0406. The summed E-state index contributed by atoms with van der Waals surface area (Å²) in [6, 6.07) is 1.92. The summed E-state index contributed by atoms with van der Waals surface area (Å²) in [5.74, 6) is 5.60. The highest BCUT2D eigenvalue weighted by Crippen LogP contribution is 2.20. The Labute approximate surface area is 96.9 Å². The van der Waals surface area contributed by atoms with E-state index in [1.807, 2.05) is 26.2 Å². The predicted octanol–water partition coefficient (Wildman–Crippen LogP) is 1.13. The summed E-state index contributed by atoms with van der Waals surface area (Å²) in [5.41, 5.74) is 3.73. The van der Waals surface area contributed by atoms with Gasteiger partial charge in [-0.1, -0.05) is 13.3 Å². The maximum atomic E-state index is 5.71. The van der Waals surface area contributed by atoms with Crippen molar-refractivity contribution < 1.29 is 4.74 Å². The van der Waals surface area contributed by atoms with E-state index in [1.54, 1.807) is 4.68 Å². The SMILES string of the molecule is CCCC(OCC)C(NN)c1ccn(C)n1. The second-order valence-electron chi connectivity index (χ2n) is 3.84. The van der Waals surface area contributed by atoms with Gasteiger partial charge in [0.25, 0.3) is 0 Å². The van der Waals surface area contributed by atoms with Crippen molar-refractivity contribution in [3.8, 4) is 0 Å². The molecular weight excluding hydrogens is 204 g/mol. The van der Waals surface area contributed by atoms with E-state index in [-0.39, 0.29) is 12.1 Å². The normalized spacial score (nSPS) is 15.0. The van der Waals surface area contributed by atoms with Gasteiger partial charge >= 0.3 is 0 Å². The molecule has 5 heteroatoms. The van der Waals surface area contributed by atoms with Crippen molar-refractivity contribution in [3.05, 3.63) is 18.0 Å². The van der Waals surface area contributed by atoms with Gasteiger partial charge in [-0.3, -0.25) is 10.5 Å². The zero-order chi connectivity index (χ0) is 12.0. The number of hydrogen-bond donors (Lipinski definition) is 2. The molecule has 0 aliphatic heterocycles. The highest BCUT2D eigenvalue weighted by atomic mass is 16.5. The molecule has 0 fully saturated rings. The average molecular weight is 226 g/mol.